The van der Waals surface area contributed by atoms with E-state index in [1.54, 1.807) is 12.3 Å². The summed E-state index contributed by atoms with van der Waals surface area (Å²) >= 11 is 0. The minimum Gasteiger partial charge on any atom is -0.356 e. The van der Waals surface area contributed by atoms with Gasteiger partial charge in [-0.15, -0.1) is 0 Å². The number of rotatable bonds is 7. The minimum atomic E-state index is -1.64. The summed E-state index contributed by atoms with van der Waals surface area (Å²) in [7, 11) is -1.64. The van der Waals surface area contributed by atoms with E-state index in [2.05, 4.69) is 60.3 Å². The van der Waals surface area contributed by atoms with Gasteiger partial charge in [-0.25, -0.2) is 9.37 Å². The predicted molar refractivity (Wildman–Crippen MR) is 149 cm³/mol. The highest BCUT2D eigenvalue weighted by Gasteiger charge is 2.28. The average Bonchev–Trinajstić information content (AvgIpc) is 3.17. The Morgan fingerprint density at radius 2 is 1.89 bits per heavy atom. The van der Waals surface area contributed by atoms with Crippen LogP contribution in [0.2, 0.25) is 18.6 Å². The molecule has 0 saturated carbocycles. The van der Waals surface area contributed by atoms with Crippen molar-refractivity contribution in [2.24, 2.45) is 0 Å². The van der Waals surface area contributed by atoms with Crippen LogP contribution in [-0.2, 0) is 6.54 Å². The molecule has 1 aliphatic rings. The van der Waals surface area contributed by atoms with Crippen LogP contribution in [0, 0.1) is 5.82 Å². The molecule has 1 N–H and O–H groups in total. The van der Waals surface area contributed by atoms with Crippen molar-refractivity contribution < 1.29 is 9.18 Å². The summed E-state index contributed by atoms with van der Waals surface area (Å²) in [5.41, 5.74) is 3.57. The van der Waals surface area contributed by atoms with Crippen molar-refractivity contribution in [3.63, 3.8) is 0 Å². The zero-order valence-corrected chi connectivity index (χ0v) is 22.4. The van der Waals surface area contributed by atoms with Gasteiger partial charge in [0, 0.05) is 30.5 Å². The van der Waals surface area contributed by atoms with Gasteiger partial charge >= 0.3 is 0 Å². The average molecular weight is 501 g/mol. The predicted octanol–water partition coefficient (Wildman–Crippen LogP) is 6.01. The first-order chi connectivity index (χ1) is 17.2. The van der Waals surface area contributed by atoms with Gasteiger partial charge < -0.3 is 14.8 Å². The molecule has 3 heterocycles. The van der Waals surface area contributed by atoms with Crippen molar-refractivity contribution >= 4 is 41.6 Å². The number of halogens is 1. The van der Waals surface area contributed by atoms with Gasteiger partial charge in [0.1, 0.15) is 17.3 Å². The molecule has 5 nitrogen and oxygen atoms in total. The van der Waals surface area contributed by atoms with Crippen molar-refractivity contribution in [3.8, 4) is 0 Å². The van der Waals surface area contributed by atoms with Crippen LogP contribution < -0.4 is 15.4 Å². The van der Waals surface area contributed by atoms with E-state index in [0.717, 1.165) is 35.4 Å². The van der Waals surface area contributed by atoms with Crippen molar-refractivity contribution in [3.05, 3.63) is 83.9 Å². The fraction of sp³-hybridized carbons (Fsp3) is 0.310. The summed E-state index contributed by atoms with van der Waals surface area (Å²) in [4.78, 5) is 20.2. The summed E-state index contributed by atoms with van der Waals surface area (Å²) in [6, 6.07) is 18.9. The Kier molecular flexibility index (Phi) is 6.43. The molecular formula is C29H33FN4OSi. The molecule has 1 amide bonds. The Bertz CT molecular complexity index is 1410. The highest BCUT2D eigenvalue weighted by molar-refractivity contribution is 6.91. The lowest BCUT2D eigenvalue weighted by Crippen LogP contribution is -2.44. The number of fused-ring (bicyclic) bond motifs is 1. The number of pyridine rings is 1. The highest BCUT2D eigenvalue weighted by atomic mass is 28.3. The Morgan fingerprint density at radius 3 is 2.53 bits per heavy atom. The first-order valence-corrected chi connectivity index (χ1v) is 15.7. The summed E-state index contributed by atoms with van der Waals surface area (Å²) < 4.78 is 15.9. The van der Waals surface area contributed by atoms with E-state index in [0.29, 0.717) is 23.5 Å². The second-order valence-corrected chi connectivity index (χ2v) is 15.8. The van der Waals surface area contributed by atoms with Gasteiger partial charge in [0.2, 0.25) is 0 Å². The monoisotopic (exact) mass is 500 g/mol. The van der Waals surface area contributed by atoms with E-state index in [1.165, 1.54) is 23.7 Å². The molecule has 1 fully saturated rings. The third-order valence-corrected chi connectivity index (χ3v) is 12.4. The van der Waals surface area contributed by atoms with E-state index in [-0.39, 0.29) is 11.7 Å². The molecule has 0 unspecified atom stereocenters. The first kappa shape index (κ1) is 24.3. The van der Waals surface area contributed by atoms with Crippen LogP contribution in [0.5, 0.6) is 0 Å². The fourth-order valence-electron chi connectivity index (χ4n) is 4.57. The fourth-order valence-corrected chi connectivity index (χ4v) is 6.28. The van der Waals surface area contributed by atoms with E-state index in [1.807, 2.05) is 28.8 Å². The normalized spacial score (nSPS) is 13.8. The van der Waals surface area contributed by atoms with E-state index >= 15 is 0 Å². The molecule has 0 radical (unpaired) electrons. The van der Waals surface area contributed by atoms with Gasteiger partial charge in [-0.2, -0.15) is 0 Å². The third-order valence-electron chi connectivity index (χ3n) is 7.74. The topological polar surface area (TPSA) is 50.2 Å². The van der Waals surface area contributed by atoms with Crippen molar-refractivity contribution in [1.82, 2.24) is 9.55 Å². The SMILES string of the molecule is CC(C)[Si](C)(C)c1ccc2c(c1)cc(C(=O)Nc1ccc(N3CCC3)nc1)n2Cc1cccc(F)c1. The molecule has 1 aliphatic heterocycles. The van der Waals surface area contributed by atoms with Crippen LogP contribution >= 0.6 is 0 Å². The molecule has 2 aromatic carbocycles. The van der Waals surface area contributed by atoms with Gasteiger partial charge in [0.15, 0.2) is 0 Å². The number of hydrogen-bond donors (Lipinski definition) is 1. The lowest BCUT2D eigenvalue weighted by Gasteiger charge is -2.31. The number of anilines is 2. The largest absolute Gasteiger partial charge is 0.356 e. The van der Waals surface area contributed by atoms with Gasteiger partial charge in [-0.05, 0) is 53.9 Å². The third kappa shape index (κ3) is 4.67. The molecule has 1 saturated heterocycles. The van der Waals surface area contributed by atoms with Crippen LogP contribution in [0.3, 0.4) is 0 Å². The van der Waals surface area contributed by atoms with Gasteiger partial charge in [-0.3, -0.25) is 4.79 Å². The standard InChI is InChI=1S/C29H33FN4OSi/c1-20(2)36(3,4)25-10-11-26-22(16-25)17-27(34(26)19-21-7-5-8-23(30)15-21)29(35)32-24-9-12-28(31-18-24)33-13-6-14-33/h5,7-12,15-18,20H,6,13-14,19H2,1-4H3,(H,32,35). The second kappa shape index (κ2) is 9.54. The minimum absolute atomic E-state index is 0.206. The zero-order chi connectivity index (χ0) is 25.4. The Morgan fingerprint density at radius 1 is 1.08 bits per heavy atom. The summed E-state index contributed by atoms with van der Waals surface area (Å²) in [6.07, 6.45) is 2.90. The zero-order valence-electron chi connectivity index (χ0n) is 21.4. The molecule has 2 aromatic heterocycles. The molecule has 5 rings (SSSR count). The van der Waals surface area contributed by atoms with Gasteiger partial charge in [0.05, 0.1) is 20.0 Å². The number of nitrogens with zero attached hydrogens (tertiary/aromatic N) is 3. The number of benzene rings is 2. The van der Waals surface area contributed by atoms with Crippen LogP contribution in [0.25, 0.3) is 10.9 Å². The Hall–Kier alpha value is -3.45. The molecule has 36 heavy (non-hydrogen) atoms. The molecule has 4 aromatic rings. The summed E-state index contributed by atoms with van der Waals surface area (Å²) in [5.74, 6) is 0.447. The van der Waals surface area contributed by atoms with Crippen molar-refractivity contribution in [2.45, 2.75) is 45.4 Å². The highest BCUT2D eigenvalue weighted by Crippen LogP contribution is 2.26. The maximum Gasteiger partial charge on any atom is 0.272 e. The lowest BCUT2D eigenvalue weighted by atomic mass is 10.2. The number of hydrogen-bond acceptors (Lipinski definition) is 3. The molecule has 0 atom stereocenters. The first-order valence-electron chi connectivity index (χ1n) is 12.6. The molecular weight excluding hydrogens is 467 g/mol. The number of aromatic nitrogens is 2. The number of carbonyl (C=O) groups excluding carboxylic acids is 1. The molecule has 7 heteroatoms. The number of amides is 1. The number of nitrogens with one attached hydrogen (secondary N) is 1. The van der Waals surface area contributed by atoms with E-state index in [4.69, 9.17) is 0 Å². The summed E-state index contributed by atoms with van der Waals surface area (Å²) in [5, 5.41) is 5.41. The molecule has 0 aliphatic carbocycles. The van der Waals surface area contributed by atoms with Crippen molar-refractivity contribution in [2.75, 3.05) is 23.3 Å². The Balaban J connectivity index is 1.51. The van der Waals surface area contributed by atoms with Crippen LogP contribution in [0.1, 0.15) is 36.3 Å². The molecule has 186 valence electrons. The Labute approximate surface area is 213 Å². The lowest BCUT2D eigenvalue weighted by molar-refractivity contribution is 0.101. The van der Waals surface area contributed by atoms with E-state index in [9.17, 15) is 9.18 Å². The summed E-state index contributed by atoms with van der Waals surface area (Å²) in [6.45, 7) is 11.8. The van der Waals surface area contributed by atoms with Gasteiger partial charge in [0.25, 0.3) is 5.91 Å². The molecule has 0 spiro atoms. The van der Waals surface area contributed by atoms with Crippen molar-refractivity contribution in [1.29, 1.82) is 0 Å². The second-order valence-electron chi connectivity index (χ2n) is 10.6. The maximum absolute atomic E-state index is 13.9. The maximum atomic E-state index is 13.9. The van der Waals surface area contributed by atoms with E-state index < -0.39 is 8.07 Å². The van der Waals surface area contributed by atoms with Crippen LogP contribution in [-0.4, -0.2) is 36.6 Å². The van der Waals surface area contributed by atoms with Gasteiger partial charge in [-0.1, -0.05) is 56.4 Å². The number of carbonyl (C=O) groups is 1. The molecule has 0 bridgehead atoms. The van der Waals surface area contributed by atoms with Crippen LogP contribution in [0.15, 0.2) is 66.9 Å². The van der Waals surface area contributed by atoms with Crippen LogP contribution in [0.4, 0.5) is 15.9 Å². The smallest absolute Gasteiger partial charge is 0.272 e. The quantitative estimate of drug-likeness (QED) is 0.316.